The van der Waals surface area contributed by atoms with E-state index >= 15 is 0 Å². The van der Waals surface area contributed by atoms with Gasteiger partial charge in [0.2, 0.25) is 16.0 Å². The molecule has 1 aromatic carbocycles. The SMILES string of the molecule is CS(=O)(=O)N1CCN(Cc2ccc(Nc3ncc(F)c(-c4ccc5ncsc5c4)n3)nc2)CC1. The van der Waals surface area contributed by atoms with Crippen molar-refractivity contribution in [1.29, 1.82) is 0 Å². The summed E-state index contributed by atoms with van der Waals surface area (Å²) in [5.41, 5.74) is 4.49. The van der Waals surface area contributed by atoms with Crippen LogP contribution in [0.1, 0.15) is 5.56 Å². The third-order valence-electron chi connectivity index (χ3n) is 5.62. The number of anilines is 2. The van der Waals surface area contributed by atoms with Crippen LogP contribution in [0.3, 0.4) is 0 Å². The fourth-order valence-electron chi connectivity index (χ4n) is 3.82. The van der Waals surface area contributed by atoms with E-state index in [1.54, 1.807) is 17.8 Å². The van der Waals surface area contributed by atoms with Crippen molar-refractivity contribution < 1.29 is 12.8 Å². The van der Waals surface area contributed by atoms with Gasteiger partial charge in [-0.2, -0.15) is 4.31 Å². The van der Waals surface area contributed by atoms with Crippen LogP contribution in [0, 0.1) is 5.82 Å². The summed E-state index contributed by atoms with van der Waals surface area (Å²) in [5.74, 6) is 0.285. The first-order valence-electron chi connectivity index (χ1n) is 10.6. The Morgan fingerprint density at radius 3 is 2.62 bits per heavy atom. The van der Waals surface area contributed by atoms with Gasteiger partial charge in [0.1, 0.15) is 11.5 Å². The molecule has 1 aliphatic heterocycles. The summed E-state index contributed by atoms with van der Waals surface area (Å²) in [5, 5.41) is 3.03. The molecule has 0 spiro atoms. The molecule has 4 heterocycles. The Labute approximate surface area is 200 Å². The Bertz CT molecular complexity index is 1420. The van der Waals surface area contributed by atoms with Crippen LogP contribution in [-0.2, 0) is 16.6 Å². The largest absolute Gasteiger partial charge is 0.309 e. The monoisotopic (exact) mass is 499 g/mol. The van der Waals surface area contributed by atoms with E-state index in [0.717, 1.165) is 22.0 Å². The van der Waals surface area contributed by atoms with E-state index in [0.29, 0.717) is 44.1 Å². The molecule has 0 amide bonds. The zero-order chi connectivity index (χ0) is 23.7. The van der Waals surface area contributed by atoms with E-state index in [-0.39, 0.29) is 11.6 Å². The number of piperazine rings is 1. The molecule has 3 aromatic heterocycles. The molecule has 4 aromatic rings. The number of hydrogen-bond donors (Lipinski definition) is 1. The van der Waals surface area contributed by atoms with Gasteiger partial charge in [0.25, 0.3) is 0 Å². The summed E-state index contributed by atoms with van der Waals surface area (Å²) >= 11 is 1.49. The number of thiazole rings is 1. The number of fused-ring (bicyclic) bond motifs is 1. The lowest BCUT2D eigenvalue weighted by Gasteiger charge is -2.33. The van der Waals surface area contributed by atoms with Crippen LogP contribution >= 0.6 is 11.3 Å². The smallest absolute Gasteiger partial charge is 0.229 e. The van der Waals surface area contributed by atoms with Gasteiger partial charge >= 0.3 is 0 Å². The average molecular weight is 500 g/mol. The molecule has 1 aliphatic rings. The standard InChI is InChI=1S/C22H22FN7O2S2/c1-34(31,32)30-8-6-29(7-9-30)13-15-2-5-20(24-11-15)27-22-25-12-17(23)21(28-22)16-3-4-18-19(10-16)33-14-26-18/h2-5,10-12,14H,6-9,13H2,1H3,(H,24,25,27,28). The highest BCUT2D eigenvalue weighted by Crippen LogP contribution is 2.27. The maximum absolute atomic E-state index is 14.5. The van der Waals surface area contributed by atoms with Gasteiger partial charge in [0.05, 0.1) is 28.2 Å². The molecule has 5 rings (SSSR count). The van der Waals surface area contributed by atoms with Gasteiger partial charge in [-0.05, 0) is 23.8 Å². The lowest BCUT2D eigenvalue weighted by molar-refractivity contribution is 0.182. The van der Waals surface area contributed by atoms with E-state index < -0.39 is 15.8 Å². The summed E-state index contributed by atoms with van der Waals surface area (Å²) in [7, 11) is -3.14. The first-order valence-corrected chi connectivity index (χ1v) is 13.3. The molecule has 1 saturated heterocycles. The van der Waals surface area contributed by atoms with Crippen LogP contribution in [0.5, 0.6) is 0 Å². The van der Waals surface area contributed by atoms with Crippen LogP contribution in [0.2, 0.25) is 0 Å². The molecule has 0 radical (unpaired) electrons. The van der Waals surface area contributed by atoms with Crippen molar-refractivity contribution in [2.45, 2.75) is 6.54 Å². The molecule has 9 nitrogen and oxygen atoms in total. The summed E-state index contributed by atoms with van der Waals surface area (Å²) in [6.45, 7) is 3.01. The van der Waals surface area contributed by atoms with E-state index in [2.05, 4.69) is 30.2 Å². The van der Waals surface area contributed by atoms with Crippen LogP contribution in [0.4, 0.5) is 16.2 Å². The highest BCUT2D eigenvalue weighted by Gasteiger charge is 2.23. The highest BCUT2D eigenvalue weighted by atomic mass is 32.2. The van der Waals surface area contributed by atoms with Crippen molar-refractivity contribution >= 4 is 43.3 Å². The van der Waals surface area contributed by atoms with Crippen molar-refractivity contribution in [1.82, 2.24) is 29.1 Å². The molecule has 12 heteroatoms. The van der Waals surface area contributed by atoms with Crippen molar-refractivity contribution in [3.63, 3.8) is 0 Å². The Morgan fingerprint density at radius 1 is 1.06 bits per heavy atom. The fraction of sp³-hybridized carbons (Fsp3) is 0.273. The van der Waals surface area contributed by atoms with Crippen LogP contribution in [0.15, 0.2) is 48.2 Å². The van der Waals surface area contributed by atoms with Gasteiger partial charge in [0, 0.05) is 44.5 Å². The molecular formula is C22H22FN7O2S2. The van der Waals surface area contributed by atoms with Crippen LogP contribution in [0.25, 0.3) is 21.5 Å². The molecule has 34 heavy (non-hydrogen) atoms. The predicted molar refractivity (Wildman–Crippen MR) is 130 cm³/mol. The van der Waals surface area contributed by atoms with Crippen molar-refractivity contribution in [3.05, 3.63) is 59.6 Å². The molecule has 1 fully saturated rings. The topological polar surface area (TPSA) is 104 Å². The first-order chi connectivity index (χ1) is 16.3. The Morgan fingerprint density at radius 2 is 1.88 bits per heavy atom. The average Bonchev–Trinajstić information content (AvgIpc) is 3.29. The van der Waals surface area contributed by atoms with Crippen molar-refractivity contribution in [3.8, 4) is 11.3 Å². The number of aromatic nitrogens is 4. The summed E-state index contributed by atoms with van der Waals surface area (Å²) < 4.78 is 40.2. The quantitative estimate of drug-likeness (QED) is 0.432. The number of halogens is 1. The Hall–Kier alpha value is -3.06. The minimum Gasteiger partial charge on any atom is -0.309 e. The van der Waals surface area contributed by atoms with E-state index in [1.807, 2.05) is 24.3 Å². The second kappa shape index (κ2) is 9.29. The molecule has 176 valence electrons. The number of pyridine rings is 1. The van der Waals surface area contributed by atoms with Gasteiger partial charge < -0.3 is 5.32 Å². The number of nitrogens with zero attached hydrogens (tertiary/aromatic N) is 6. The number of hydrogen-bond acceptors (Lipinski definition) is 9. The third kappa shape index (κ3) is 5.04. The highest BCUT2D eigenvalue weighted by molar-refractivity contribution is 7.88. The van der Waals surface area contributed by atoms with Crippen LogP contribution in [-0.4, -0.2) is 70.0 Å². The molecule has 1 N–H and O–H groups in total. The van der Waals surface area contributed by atoms with Crippen molar-refractivity contribution in [2.75, 3.05) is 37.8 Å². The molecule has 0 aliphatic carbocycles. The fourth-order valence-corrected chi connectivity index (χ4v) is 5.36. The van der Waals surface area contributed by atoms with Gasteiger partial charge in [0.15, 0.2) is 5.82 Å². The summed E-state index contributed by atoms with van der Waals surface area (Å²) in [4.78, 5) is 19.3. The first kappa shape index (κ1) is 22.7. The lowest BCUT2D eigenvalue weighted by atomic mass is 10.1. The van der Waals surface area contributed by atoms with Crippen molar-refractivity contribution in [2.24, 2.45) is 0 Å². The maximum Gasteiger partial charge on any atom is 0.229 e. The molecular weight excluding hydrogens is 477 g/mol. The summed E-state index contributed by atoms with van der Waals surface area (Å²) in [6, 6.07) is 9.26. The van der Waals surface area contributed by atoms with Gasteiger partial charge in [-0.1, -0.05) is 12.1 Å². The lowest BCUT2D eigenvalue weighted by Crippen LogP contribution is -2.47. The van der Waals surface area contributed by atoms with Crippen LogP contribution < -0.4 is 5.32 Å². The number of sulfonamides is 1. The zero-order valence-corrected chi connectivity index (χ0v) is 20.0. The Balaban J connectivity index is 1.25. The maximum atomic E-state index is 14.5. The van der Waals surface area contributed by atoms with E-state index in [4.69, 9.17) is 0 Å². The van der Waals surface area contributed by atoms with Gasteiger partial charge in [-0.25, -0.2) is 32.7 Å². The van der Waals surface area contributed by atoms with E-state index in [9.17, 15) is 12.8 Å². The Kier molecular flexibility index (Phi) is 6.21. The molecule has 0 saturated carbocycles. The molecule has 0 unspecified atom stereocenters. The number of rotatable bonds is 6. The summed E-state index contributed by atoms with van der Waals surface area (Å²) in [6.07, 6.45) is 4.14. The third-order valence-corrected chi connectivity index (χ3v) is 7.71. The van der Waals surface area contributed by atoms with Gasteiger partial charge in [-0.15, -0.1) is 11.3 Å². The van der Waals surface area contributed by atoms with Gasteiger partial charge in [-0.3, -0.25) is 4.90 Å². The molecule has 0 bridgehead atoms. The second-order valence-corrected chi connectivity index (χ2v) is 10.9. The zero-order valence-electron chi connectivity index (χ0n) is 18.3. The molecule has 0 atom stereocenters. The minimum atomic E-state index is -3.14. The minimum absolute atomic E-state index is 0.206. The normalized spacial score (nSPS) is 15.6. The predicted octanol–water partition coefficient (Wildman–Crippen LogP) is 3.11. The number of nitrogens with one attached hydrogen (secondary N) is 1. The van der Waals surface area contributed by atoms with E-state index in [1.165, 1.54) is 21.9 Å². The number of benzene rings is 1. The second-order valence-electron chi connectivity index (χ2n) is 8.04.